The first-order valence-corrected chi connectivity index (χ1v) is 12.4. The van der Waals surface area contributed by atoms with Crippen LogP contribution < -0.4 is 10.5 Å². The van der Waals surface area contributed by atoms with Crippen LogP contribution in [0.25, 0.3) is 22.6 Å². The fourth-order valence-electron chi connectivity index (χ4n) is 4.36. The summed E-state index contributed by atoms with van der Waals surface area (Å²) in [4.78, 5) is 23.8. The Balaban J connectivity index is 1.29. The van der Waals surface area contributed by atoms with Crippen LogP contribution in [0, 0.1) is 11.6 Å². The van der Waals surface area contributed by atoms with Crippen LogP contribution in [0.1, 0.15) is 5.56 Å². The second-order valence-corrected chi connectivity index (χ2v) is 9.61. The predicted molar refractivity (Wildman–Crippen MR) is 140 cm³/mol. The average molecular weight is 522 g/mol. The number of hydrogen-bond donors (Lipinski definition) is 0. The van der Waals surface area contributed by atoms with Crippen LogP contribution in [0.3, 0.4) is 0 Å². The number of aromatic nitrogens is 4. The minimum Gasteiger partial charge on any atom is -0.322 e. The maximum atomic E-state index is 13.7. The number of piperazine rings is 1. The van der Waals surface area contributed by atoms with Gasteiger partial charge in [0, 0.05) is 62.5 Å². The topological polar surface area (TPSA) is 83.5 Å². The normalized spacial score (nSPS) is 14.4. The van der Waals surface area contributed by atoms with Gasteiger partial charge in [0.15, 0.2) is 0 Å². The van der Waals surface area contributed by atoms with Crippen molar-refractivity contribution in [2.75, 3.05) is 58.3 Å². The molecule has 1 aliphatic rings. The Kier molecular flexibility index (Phi) is 7.57. The minimum atomic E-state index is -0.710. The second-order valence-electron chi connectivity index (χ2n) is 9.61. The van der Waals surface area contributed by atoms with Crippen molar-refractivity contribution >= 4 is 6.01 Å². The van der Waals surface area contributed by atoms with Crippen LogP contribution in [0.5, 0.6) is 0 Å². The van der Waals surface area contributed by atoms with Gasteiger partial charge in [-0.05, 0) is 43.9 Å². The minimum absolute atomic E-state index is 0.165. The summed E-state index contributed by atoms with van der Waals surface area (Å²) in [5, 5.41) is 8.50. The van der Waals surface area contributed by atoms with Crippen molar-refractivity contribution in [3.8, 4) is 22.6 Å². The maximum absolute atomic E-state index is 13.7. The van der Waals surface area contributed by atoms with Crippen molar-refractivity contribution in [3.05, 3.63) is 82.1 Å². The molecule has 3 heterocycles. The number of anilines is 1. The molecule has 38 heavy (non-hydrogen) atoms. The van der Waals surface area contributed by atoms with E-state index in [-0.39, 0.29) is 17.7 Å². The first kappa shape index (κ1) is 25.7. The monoisotopic (exact) mass is 521 g/mol. The van der Waals surface area contributed by atoms with E-state index in [0.717, 1.165) is 56.5 Å². The van der Waals surface area contributed by atoms with Gasteiger partial charge in [0.2, 0.25) is 5.82 Å². The van der Waals surface area contributed by atoms with Gasteiger partial charge < -0.3 is 14.3 Å². The van der Waals surface area contributed by atoms with Gasteiger partial charge in [-0.25, -0.2) is 13.5 Å². The van der Waals surface area contributed by atoms with Crippen LogP contribution in [-0.2, 0) is 6.54 Å². The highest BCUT2D eigenvalue weighted by Crippen LogP contribution is 2.23. The van der Waals surface area contributed by atoms with Gasteiger partial charge in [-0.2, -0.15) is 10.1 Å². The number of likely N-dealkylation sites (N-methyl/N-ethyl adjacent to an activating group) is 1. The van der Waals surface area contributed by atoms with Gasteiger partial charge in [0.1, 0.15) is 11.6 Å². The molecule has 2 aromatic heterocycles. The zero-order chi connectivity index (χ0) is 26.6. The third-order valence-corrected chi connectivity index (χ3v) is 6.46. The van der Waals surface area contributed by atoms with E-state index in [4.69, 9.17) is 4.52 Å². The molecule has 2 aromatic carbocycles. The summed E-state index contributed by atoms with van der Waals surface area (Å²) >= 11 is 0. The Hall–Kier alpha value is -3.96. The lowest BCUT2D eigenvalue weighted by Crippen LogP contribution is -2.48. The zero-order valence-electron chi connectivity index (χ0n) is 21.3. The molecule has 0 spiro atoms. The highest BCUT2D eigenvalue weighted by molar-refractivity contribution is 5.59. The van der Waals surface area contributed by atoms with Crippen molar-refractivity contribution in [1.29, 1.82) is 0 Å². The predicted octanol–water partition coefficient (Wildman–Crippen LogP) is 2.97. The highest BCUT2D eigenvalue weighted by Gasteiger charge is 2.22. The number of hydrogen-bond acceptors (Lipinski definition) is 8. The van der Waals surface area contributed by atoms with E-state index in [1.807, 2.05) is 24.3 Å². The van der Waals surface area contributed by atoms with Crippen molar-refractivity contribution in [2.45, 2.75) is 6.54 Å². The number of halogens is 2. The molecule has 5 rings (SSSR count). The fraction of sp³-hybridized carbons (Fsp3) is 0.333. The van der Waals surface area contributed by atoms with Crippen molar-refractivity contribution in [1.82, 2.24) is 29.7 Å². The van der Waals surface area contributed by atoms with Crippen LogP contribution in [-0.4, -0.2) is 83.1 Å². The Labute approximate surface area is 218 Å². The molecule has 1 saturated heterocycles. The summed E-state index contributed by atoms with van der Waals surface area (Å²) in [5.74, 6) is -0.961. The molecule has 0 radical (unpaired) electrons. The molecular weight excluding hydrogens is 492 g/mol. The van der Waals surface area contributed by atoms with Gasteiger partial charge in [-0.1, -0.05) is 23.4 Å². The molecule has 0 unspecified atom stereocenters. The molecule has 0 aliphatic carbocycles. The van der Waals surface area contributed by atoms with E-state index in [2.05, 4.69) is 44.0 Å². The molecule has 9 nitrogen and oxygen atoms in total. The van der Waals surface area contributed by atoms with E-state index >= 15 is 0 Å². The van der Waals surface area contributed by atoms with Crippen LogP contribution >= 0.6 is 0 Å². The lowest BCUT2D eigenvalue weighted by Gasteiger charge is -2.33. The third kappa shape index (κ3) is 6.12. The Morgan fingerprint density at radius 2 is 1.71 bits per heavy atom. The van der Waals surface area contributed by atoms with Crippen LogP contribution in [0.15, 0.2) is 63.9 Å². The van der Waals surface area contributed by atoms with Gasteiger partial charge >= 0.3 is 6.01 Å². The van der Waals surface area contributed by atoms with Crippen molar-refractivity contribution < 1.29 is 13.3 Å². The largest absolute Gasteiger partial charge is 0.324 e. The van der Waals surface area contributed by atoms with Crippen LogP contribution in [0.2, 0.25) is 0 Å². The molecule has 0 saturated carbocycles. The number of benzene rings is 2. The van der Waals surface area contributed by atoms with Crippen molar-refractivity contribution in [2.24, 2.45) is 0 Å². The standard InChI is InChI=1S/C27H29F2N7O2/c1-33(2)8-9-34-10-12-35(13-11-34)27-30-26(32-38-27)20-5-3-4-19(14-20)18-36-25(37)7-6-24(31-36)21-15-22(28)17-23(29)16-21/h3-7,14-17H,8-13,18H2,1-2H3. The van der Waals surface area contributed by atoms with E-state index in [1.54, 1.807) is 0 Å². The Bertz CT molecular complexity index is 1440. The molecule has 0 amide bonds. The van der Waals surface area contributed by atoms with Gasteiger partial charge in [-0.3, -0.25) is 9.69 Å². The Morgan fingerprint density at radius 3 is 2.45 bits per heavy atom. The summed E-state index contributed by atoms with van der Waals surface area (Å²) < 4.78 is 34.2. The average Bonchev–Trinajstić information content (AvgIpc) is 3.39. The second kappa shape index (κ2) is 11.2. The molecule has 0 bridgehead atoms. The highest BCUT2D eigenvalue weighted by atomic mass is 19.1. The van der Waals surface area contributed by atoms with Gasteiger partial charge in [0.25, 0.3) is 5.56 Å². The summed E-state index contributed by atoms with van der Waals surface area (Å²) in [6.45, 7) is 5.72. The zero-order valence-corrected chi connectivity index (χ0v) is 21.3. The molecule has 0 N–H and O–H groups in total. The number of rotatable bonds is 8. The molecule has 11 heteroatoms. The first-order chi connectivity index (χ1) is 18.3. The molecule has 0 atom stereocenters. The SMILES string of the molecule is CN(C)CCN1CCN(c2nc(-c3cccc(Cn4nc(-c5cc(F)cc(F)c5)ccc4=O)c3)no2)CC1. The van der Waals surface area contributed by atoms with E-state index in [9.17, 15) is 13.6 Å². The first-order valence-electron chi connectivity index (χ1n) is 12.4. The number of nitrogens with zero attached hydrogens (tertiary/aromatic N) is 7. The summed E-state index contributed by atoms with van der Waals surface area (Å²) in [6, 6.07) is 13.9. The third-order valence-electron chi connectivity index (χ3n) is 6.46. The lowest BCUT2D eigenvalue weighted by atomic mass is 10.1. The van der Waals surface area contributed by atoms with Gasteiger partial charge in [-0.15, -0.1) is 0 Å². The van der Waals surface area contributed by atoms with Crippen molar-refractivity contribution in [3.63, 3.8) is 0 Å². The quantitative estimate of drug-likeness (QED) is 0.350. The Morgan fingerprint density at radius 1 is 0.947 bits per heavy atom. The lowest BCUT2D eigenvalue weighted by molar-refractivity contribution is 0.224. The summed E-state index contributed by atoms with van der Waals surface area (Å²) in [5.41, 5.74) is 1.76. The maximum Gasteiger partial charge on any atom is 0.324 e. The summed E-state index contributed by atoms with van der Waals surface area (Å²) in [7, 11) is 4.15. The smallest absolute Gasteiger partial charge is 0.322 e. The molecule has 1 fully saturated rings. The molecular formula is C27H29F2N7O2. The van der Waals surface area contributed by atoms with E-state index in [0.29, 0.717) is 17.5 Å². The van der Waals surface area contributed by atoms with Crippen LogP contribution in [0.4, 0.5) is 14.8 Å². The molecule has 1 aliphatic heterocycles. The fourth-order valence-corrected chi connectivity index (χ4v) is 4.36. The van der Waals surface area contributed by atoms with E-state index < -0.39 is 11.6 Å². The molecule has 4 aromatic rings. The summed E-state index contributed by atoms with van der Waals surface area (Å²) in [6.07, 6.45) is 0. The molecule has 198 valence electrons. The van der Waals surface area contributed by atoms with Gasteiger partial charge in [0.05, 0.1) is 12.2 Å². The van der Waals surface area contributed by atoms with E-state index in [1.165, 1.54) is 28.9 Å².